The molecule has 3 heterocycles. The van der Waals surface area contributed by atoms with Gasteiger partial charge >= 0.3 is 0 Å². The molecular formula is C12H19N5O. The Morgan fingerprint density at radius 3 is 2.56 bits per heavy atom. The number of amides is 1. The Hall–Kier alpha value is -1.43. The molecule has 0 aliphatic carbocycles. The smallest absolute Gasteiger partial charge is 0.276 e. The highest BCUT2D eigenvalue weighted by Crippen LogP contribution is 2.14. The van der Waals surface area contributed by atoms with Crippen molar-refractivity contribution in [2.75, 3.05) is 26.2 Å². The van der Waals surface area contributed by atoms with Gasteiger partial charge in [-0.3, -0.25) is 4.79 Å². The van der Waals surface area contributed by atoms with Crippen LogP contribution in [0.2, 0.25) is 0 Å². The third kappa shape index (κ3) is 2.25. The highest BCUT2D eigenvalue weighted by Gasteiger charge is 2.24. The molecule has 0 atom stereocenters. The second-order valence-corrected chi connectivity index (χ2v) is 5.10. The van der Waals surface area contributed by atoms with E-state index in [2.05, 4.69) is 15.6 Å². The van der Waals surface area contributed by atoms with Gasteiger partial charge in [0.2, 0.25) is 0 Å². The van der Waals surface area contributed by atoms with Crippen molar-refractivity contribution in [3.8, 4) is 0 Å². The van der Waals surface area contributed by atoms with E-state index in [4.69, 9.17) is 0 Å². The summed E-state index contributed by atoms with van der Waals surface area (Å²) in [7, 11) is 0. The van der Waals surface area contributed by atoms with Crippen LogP contribution in [0.5, 0.6) is 0 Å². The van der Waals surface area contributed by atoms with E-state index in [9.17, 15) is 4.79 Å². The van der Waals surface area contributed by atoms with Gasteiger partial charge in [0.1, 0.15) is 0 Å². The van der Waals surface area contributed by atoms with Crippen LogP contribution in [-0.4, -0.2) is 52.0 Å². The Labute approximate surface area is 106 Å². The number of carbonyl (C=O) groups excluding carboxylic acids is 1. The second-order valence-electron chi connectivity index (χ2n) is 5.10. The molecule has 0 spiro atoms. The SMILES string of the molecule is O=C(c1cn(C2CNC2)nn1)N1CCCCCC1. The summed E-state index contributed by atoms with van der Waals surface area (Å²) in [4.78, 5) is 14.2. The van der Waals surface area contributed by atoms with Gasteiger partial charge in [-0.1, -0.05) is 18.1 Å². The lowest BCUT2D eigenvalue weighted by atomic mass is 10.2. The van der Waals surface area contributed by atoms with Gasteiger partial charge in [0.15, 0.2) is 5.69 Å². The zero-order valence-electron chi connectivity index (χ0n) is 10.5. The molecule has 6 nitrogen and oxygen atoms in total. The van der Waals surface area contributed by atoms with E-state index in [0.29, 0.717) is 11.7 Å². The average Bonchev–Trinajstić information content (AvgIpc) is 2.62. The minimum atomic E-state index is 0.0374. The molecule has 0 radical (unpaired) electrons. The first-order valence-corrected chi connectivity index (χ1v) is 6.76. The Morgan fingerprint density at radius 1 is 1.22 bits per heavy atom. The maximum absolute atomic E-state index is 12.3. The molecule has 18 heavy (non-hydrogen) atoms. The lowest BCUT2D eigenvalue weighted by Gasteiger charge is -2.26. The minimum absolute atomic E-state index is 0.0374. The summed E-state index contributed by atoms with van der Waals surface area (Å²) >= 11 is 0. The zero-order chi connectivity index (χ0) is 12.4. The first-order chi connectivity index (χ1) is 8.84. The number of carbonyl (C=O) groups is 1. The van der Waals surface area contributed by atoms with Gasteiger partial charge in [0.05, 0.1) is 12.2 Å². The summed E-state index contributed by atoms with van der Waals surface area (Å²) in [6.45, 7) is 3.55. The Bertz CT molecular complexity index is 418. The van der Waals surface area contributed by atoms with Crippen molar-refractivity contribution in [1.82, 2.24) is 25.2 Å². The van der Waals surface area contributed by atoms with Gasteiger partial charge in [-0.25, -0.2) is 4.68 Å². The van der Waals surface area contributed by atoms with E-state index in [1.165, 1.54) is 12.8 Å². The summed E-state index contributed by atoms with van der Waals surface area (Å²) in [5, 5.41) is 11.3. The molecule has 1 N–H and O–H groups in total. The quantitative estimate of drug-likeness (QED) is 0.826. The van der Waals surface area contributed by atoms with E-state index in [1.54, 1.807) is 6.20 Å². The van der Waals surface area contributed by atoms with E-state index >= 15 is 0 Å². The highest BCUT2D eigenvalue weighted by atomic mass is 16.2. The van der Waals surface area contributed by atoms with Gasteiger partial charge in [0, 0.05) is 26.2 Å². The topological polar surface area (TPSA) is 63.1 Å². The van der Waals surface area contributed by atoms with Crippen molar-refractivity contribution < 1.29 is 4.79 Å². The van der Waals surface area contributed by atoms with Crippen molar-refractivity contribution in [2.45, 2.75) is 31.7 Å². The van der Waals surface area contributed by atoms with Crippen LogP contribution >= 0.6 is 0 Å². The van der Waals surface area contributed by atoms with E-state index in [1.807, 2.05) is 9.58 Å². The third-order valence-corrected chi connectivity index (χ3v) is 3.76. The summed E-state index contributed by atoms with van der Waals surface area (Å²) in [5.41, 5.74) is 0.490. The van der Waals surface area contributed by atoms with Crippen LogP contribution in [-0.2, 0) is 0 Å². The number of hydrogen-bond donors (Lipinski definition) is 1. The molecule has 2 fully saturated rings. The van der Waals surface area contributed by atoms with Gasteiger partial charge in [0.25, 0.3) is 5.91 Å². The van der Waals surface area contributed by atoms with Gasteiger partial charge < -0.3 is 10.2 Å². The van der Waals surface area contributed by atoms with Crippen LogP contribution in [0.1, 0.15) is 42.2 Å². The van der Waals surface area contributed by atoms with E-state index < -0.39 is 0 Å². The average molecular weight is 249 g/mol. The number of nitrogens with zero attached hydrogens (tertiary/aromatic N) is 4. The summed E-state index contributed by atoms with van der Waals surface area (Å²) < 4.78 is 1.81. The largest absolute Gasteiger partial charge is 0.337 e. The molecule has 98 valence electrons. The van der Waals surface area contributed by atoms with Gasteiger partial charge in [-0.2, -0.15) is 0 Å². The normalized spacial score (nSPS) is 21.4. The van der Waals surface area contributed by atoms with Crippen LogP contribution in [0.25, 0.3) is 0 Å². The van der Waals surface area contributed by atoms with Crippen molar-refractivity contribution in [2.24, 2.45) is 0 Å². The number of likely N-dealkylation sites (tertiary alicyclic amines) is 1. The standard InChI is InChI=1S/C12H19N5O/c18-12(16-5-3-1-2-4-6-16)11-9-17(15-14-11)10-7-13-8-10/h9-10,13H,1-8H2. The summed E-state index contributed by atoms with van der Waals surface area (Å²) in [5.74, 6) is 0.0374. The van der Waals surface area contributed by atoms with Gasteiger partial charge in [-0.05, 0) is 12.8 Å². The fourth-order valence-corrected chi connectivity index (χ4v) is 2.45. The van der Waals surface area contributed by atoms with Crippen molar-refractivity contribution >= 4 is 5.91 Å². The van der Waals surface area contributed by atoms with E-state index in [-0.39, 0.29) is 5.91 Å². The lowest BCUT2D eigenvalue weighted by Crippen LogP contribution is -2.43. The predicted octanol–water partition coefficient (Wildman–Crippen LogP) is 0.439. The van der Waals surface area contributed by atoms with Crippen LogP contribution in [0, 0.1) is 0 Å². The van der Waals surface area contributed by atoms with Crippen molar-refractivity contribution in [1.29, 1.82) is 0 Å². The fraction of sp³-hybridized carbons (Fsp3) is 0.750. The first-order valence-electron chi connectivity index (χ1n) is 6.76. The molecule has 2 aliphatic heterocycles. The number of nitrogens with one attached hydrogen (secondary N) is 1. The number of aromatic nitrogens is 3. The van der Waals surface area contributed by atoms with Gasteiger partial charge in [-0.15, -0.1) is 5.10 Å². The number of hydrogen-bond acceptors (Lipinski definition) is 4. The molecular weight excluding hydrogens is 230 g/mol. The monoisotopic (exact) mass is 249 g/mol. The maximum Gasteiger partial charge on any atom is 0.276 e. The van der Waals surface area contributed by atoms with Crippen LogP contribution in [0.15, 0.2) is 6.20 Å². The number of rotatable bonds is 2. The van der Waals surface area contributed by atoms with Crippen molar-refractivity contribution in [3.05, 3.63) is 11.9 Å². The molecule has 2 saturated heterocycles. The Morgan fingerprint density at radius 2 is 1.94 bits per heavy atom. The van der Waals surface area contributed by atoms with Crippen LogP contribution < -0.4 is 5.32 Å². The van der Waals surface area contributed by atoms with Crippen LogP contribution in [0.4, 0.5) is 0 Å². The lowest BCUT2D eigenvalue weighted by molar-refractivity contribution is 0.0755. The van der Waals surface area contributed by atoms with Crippen LogP contribution in [0.3, 0.4) is 0 Å². The summed E-state index contributed by atoms with van der Waals surface area (Å²) in [6.07, 6.45) is 6.45. The third-order valence-electron chi connectivity index (χ3n) is 3.76. The molecule has 0 bridgehead atoms. The molecule has 1 aromatic rings. The predicted molar refractivity (Wildman–Crippen MR) is 66.3 cm³/mol. The second kappa shape index (κ2) is 5.06. The molecule has 0 unspecified atom stereocenters. The minimum Gasteiger partial charge on any atom is -0.337 e. The molecule has 1 aromatic heterocycles. The zero-order valence-corrected chi connectivity index (χ0v) is 10.5. The maximum atomic E-state index is 12.3. The molecule has 3 rings (SSSR count). The molecule has 0 aromatic carbocycles. The Kier molecular flexibility index (Phi) is 3.27. The molecule has 6 heteroatoms. The molecule has 2 aliphatic rings. The first kappa shape index (κ1) is 11.6. The van der Waals surface area contributed by atoms with Crippen molar-refractivity contribution in [3.63, 3.8) is 0 Å². The highest BCUT2D eigenvalue weighted by molar-refractivity contribution is 5.91. The fourth-order valence-electron chi connectivity index (χ4n) is 2.45. The van der Waals surface area contributed by atoms with E-state index in [0.717, 1.165) is 39.0 Å². The summed E-state index contributed by atoms with van der Waals surface area (Å²) in [6, 6.07) is 0.364. The molecule has 1 amide bonds. The Balaban J connectivity index is 1.68. The molecule has 0 saturated carbocycles.